The second kappa shape index (κ2) is 5.09. The maximum absolute atomic E-state index is 11.0. The van der Waals surface area contributed by atoms with Crippen molar-refractivity contribution in [3.05, 3.63) is 20.7 Å². The topological polar surface area (TPSA) is 57.2 Å². The molecule has 1 aliphatic heterocycles. The summed E-state index contributed by atoms with van der Waals surface area (Å²) in [6, 6.07) is 0. The number of aromatic nitrogens is 1. The van der Waals surface area contributed by atoms with E-state index in [1.807, 2.05) is 17.1 Å². The number of nitrogens with one attached hydrogen (secondary N) is 2. The molecular weight excluding hydrogens is 266 g/mol. The molecule has 0 radical (unpaired) electrons. The molecular formula is C12H17N3OS2. The van der Waals surface area contributed by atoms with Gasteiger partial charge in [0.15, 0.2) is 5.17 Å². The van der Waals surface area contributed by atoms with Crippen LogP contribution in [0.15, 0.2) is 15.2 Å². The van der Waals surface area contributed by atoms with Crippen LogP contribution in [-0.2, 0) is 6.54 Å². The van der Waals surface area contributed by atoms with Gasteiger partial charge in [0.25, 0.3) is 0 Å². The number of hydrogen-bond donors (Lipinski definition) is 2. The van der Waals surface area contributed by atoms with Crippen molar-refractivity contribution >= 4 is 28.3 Å². The summed E-state index contributed by atoms with van der Waals surface area (Å²) in [7, 11) is 0. The van der Waals surface area contributed by atoms with Crippen molar-refractivity contribution in [2.24, 2.45) is 10.4 Å². The summed E-state index contributed by atoms with van der Waals surface area (Å²) in [6.45, 7) is 1.64. The van der Waals surface area contributed by atoms with Crippen LogP contribution < -0.4 is 10.2 Å². The van der Waals surface area contributed by atoms with Gasteiger partial charge in [0.2, 0.25) is 0 Å². The Morgan fingerprint density at radius 1 is 1.44 bits per heavy atom. The van der Waals surface area contributed by atoms with Gasteiger partial charge in [-0.2, -0.15) is 0 Å². The summed E-state index contributed by atoms with van der Waals surface area (Å²) in [5.74, 6) is 1.19. The number of thiazole rings is 1. The Balaban J connectivity index is 1.55. The van der Waals surface area contributed by atoms with Gasteiger partial charge in [-0.05, 0) is 18.3 Å². The number of thioether (sulfide) groups is 1. The van der Waals surface area contributed by atoms with Crippen molar-refractivity contribution in [1.82, 2.24) is 10.3 Å². The van der Waals surface area contributed by atoms with Crippen LogP contribution in [0.1, 0.15) is 31.4 Å². The monoisotopic (exact) mass is 283 g/mol. The van der Waals surface area contributed by atoms with Crippen LogP contribution in [0, 0.1) is 5.41 Å². The number of rotatable bonds is 2. The van der Waals surface area contributed by atoms with Gasteiger partial charge in [0.1, 0.15) is 0 Å². The van der Waals surface area contributed by atoms with Gasteiger partial charge >= 0.3 is 4.87 Å². The van der Waals surface area contributed by atoms with Crippen molar-refractivity contribution < 1.29 is 0 Å². The smallest absolute Gasteiger partial charge is 0.304 e. The summed E-state index contributed by atoms with van der Waals surface area (Å²) in [5.41, 5.74) is 1.43. The molecule has 0 aromatic carbocycles. The minimum Gasteiger partial charge on any atom is -0.359 e. The summed E-state index contributed by atoms with van der Waals surface area (Å²) in [6.07, 6.45) is 5.42. The molecule has 1 aromatic rings. The largest absolute Gasteiger partial charge is 0.359 e. The molecule has 18 heavy (non-hydrogen) atoms. The van der Waals surface area contributed by atoms with Gasteiger partial charge in [-0.3, -0.25) is 9.79 Å². The zero-order valence-corrected chi connectivity index (χ0v) is 11.8. The second-order valence-corrected chi connectivity index (χ2v) is 6.95. The lowest BCUT2D eigenvalue weighted by Crippen LogP contribution is -2.33. The third kappa shape index (κ3) is 2.64. The number of H-pyrrole nitrogens is 1. The van der Waals surface area contributed by atoms with E-state index < -0.39 is 0 Å². The Morgan fingerprint density at radius 2 is 2.28 bits per heavy atom. The lowest BCUT2D eigenvalue weighted by Gasteiger charge is -2.31. The Hall–Kier alpha value is -0.750. The lowest BCUT2D eigenvalue weighted by atomic mass is 9.89. The molecule has 0 bridgehead atoms. The first-order valence-corrected chi connectivity index (χ1v) is 8.20. The standard InChI is InChI=1S/C12H17N3OS2/c16-11-15-9(6-17-11)5-13-10-14-7-12(8-18-10)3-1-2-4-12/h6H,1-5,7-8H2,(H,13,14)(H,15,16). The summed E-state index contributed by atoms with van der Waals surface area (Å²) < 4.78 is 0. The zero-order chi connectivity index (χ0) is 12.4. The molecule has 0 atom stereocenters. The van der Waals surface area contributed by atoms with E-state index in [0.717, 1.165) is 17.4 Å². The molecule has 1 fully saturated rings. The van der Waals surface area contributed by atoms with E-state index in [0.29, 0.717) is 12.0 Å². The maximum Gasteiger partial charge on any atom is 0.304 e. The van der Waals surface area contributed by atoms with Gasteiger partial charge in [0.05, 0.1) is 6.54 Å². The van der Waals surface area contributed by atoms with Crippen LogP contribution in [-0.4, -0.2) is 22.4 Å². The highest BCUT2D eigenvalue weighted by Gasteiger charge is 2.36. The van der Waals surface area contributed by atoms with Crippen LogP contribution in [0.4, 0.5) is 0 Å². The van der Waals surface area contributed by atoms with Crippen molar-refractivity contribution in [3.63, 3.8) is 0 Å². The molecule has 2 aliphatic rings. The SMILES string of the molecule is O=c1[nH]c(CNC2=NCC3(CCCC3)CS2)cs1. The van der Waals surface area contributed by atoms with E-state index in [9.17, 15) is 4.79 Å². The first-order valence-electron chi connectivity index (χ1n) is 6.34. The first-order chi connectivity index (χ1) is 8.76. The van der Waals surface area contributed by atoms with E-state index in [1.165, 1.54) is 42.8 Å². The third-order valence-electron chi connectivity index (χ3n) is 3.74. The average Bonchev–Trinajstić information content (AvgIpc) is 2.99. The molecule has 0 amide bonds. The number of aromatic amines is 1. The van der Waals surface area contributed by atoms with Crippen LogP contribution in [0.25, 0.3) is 0 Å². The fraction of sp³-hybridized carbons (Fsp3) is 0.667. The summed E-state index contributed by atoms with van der Waals surface area (Å²) in [5, 5.41) is 6.20. The van der Waals surface area contributed by atoms with Gasteiger partial charge in [0, 0.05) is 23.4 Å². The number of nitrogens with zero attached hydrogens (tertiary/aromatic N) is 1. The molecule has 1 aliphatic carbocycles. The van der Waals surface area contributed by atoms with Crippen molar-refractivity contribution in [3.8, 4) is 0 Å². The Labute approximate surface area is 114 Å². The fourth-order valence-electron chi connectivity index (χ4n) is 2.66. The van der Waals surface area contributed by atoms with Crippen LogP contribution >= 0.6 is 23.1 Å². The third-order valence-corrected chi connectivity index (χ3v) is 5.76. The maximum atomic E-state index is 11.0. The Morgan fingerprint density at radius 3 is 2.89 bits per heavy atom. The average molecular weight is 283 g/mol. The molecule has 98 valence electrons. The summed E-state index contributed by atoms with van der Waals surface area (Å²) >= 11 is 3.04. The van der Waals surface area contributed by atoms with E-state index in [-0.39, 0.29) is 4.87 Å². The first kappa shape index (κ1) is 12.3. The molecule has 1 saturated carbocycles. The highest BCUT2D eigenvalue weighted by Crippen LogP contribution is 2.43. The minimum atomic E-state index is 0.00921. The molecule has 1 spiro atoms. The van der Waals surface area contributed by atoms with Gasteiger partial charge in [-0.25, -0.2) is 0 Å². The minimum absolute atomic E-state index is 0.00921. The fourth-order valence-corrected chi connectivity index (χ4v) is 4.39. The molecule has 2 N–H and O–H groups in total. The summed E-state index contributed by atoms with van der Waals surface area (Å²) in [4.78, 5) is 18.5. The van der Waals surface area contributed by atoms with Crippen LogP contribution in [0.2, 0.25) is 0 Å². The predicted octanol–water partition coefficient (Wildman–Crippen LogP) is 2.19. The van der Waals surface area contributed by atoms with E-state index in [4.69, 9.17) is 0 Å². The Kier molecular flexibility index (Phi) is 3.48. The normalized spacial score (nSPS) is 22.1. The lowest BCUT2D eigenvalue weighted by molar-refractivity contribution is 0.358. The van der Waals surface area contributed by atoms with Crippen molar-refractivity contribution in [2.75, 3.05) is 12.3 Å². The molecule has 0 unspecified atom stereocenters. The van der Waals surface area contributed by atoms with E-state index in [1.54, 1.807) is 0 Å². The molecule has 4 nitrogen and oxygen atoms in total. The van der Waals surface area contributed by atoms with Gasteiger partial charge in [-0.15, -0.1) is 0 Å². The highest BCUT2D eigenvalue weighted by atomic mass is 32.2. The number of amidine groups is 1. The predicted molar refractivity (Wildman–Crippen MR) is 77.4 cm³/mol. The van der Waals surface area contributed by atoms with Crippen LogP contribution in [0.5, 0.6) is 0 Å². The van der Waals surface area contributed by atoms with Crippen molar-refractivity contribution in [1.29, 1.82) is 0 Å². The second-order valence-electron chi connectivity index (χ2n) is 5.14. The molecule has 0 saturated heterocycles. The van der Waals surface area contributed by atoms with Crippen molar-refractivity contribution in [2.45, 2.75) is 32.2 Å². The number of hydrogen-bond acceptors (Lipinski definition) is 5. The quantitative estimate of drug-likeness (QED) is 0.875. The zero-order valence-electron chi connectivity index (χ0n) is 10.2. The van der Waals surface area contributed by atoms with E-state index >= 15 is 0 Å². The van der Waals surface area contributed by atoms with E-state index in [2.05, 4.69) is 15.3 Å². The number of aliphatic imine (C=N–C) groups is 1. The molecule has 1 aromatic heterocycles. The highest BCUT2D eigenvalue weighted by molar-refractivity contribution is 8.13. The van der Waals surface area contributed by atoms with Crippen LogP contribution in [0.3, 0.4) is 0 Å². The Bertz CT molecular complexity index is 499. The van der Waals surface area contributed by atoms with Gasteiger partial charge < -0.3 is 10.3 Å². The molecule has 3 rings (SSSR count). The molecule has 6 heteroatoms. The van der Waals surface area contributed by atoms with Gasteiger partial charge in [-0.1, -0.05) is 35.9 Å². The molecule has 2 heterocycles.